The first-order chi connectivity index (χ1) is 9.50. The smallest absolute Gasteiger partial charge is 0.409 e. The Hall–Kier alpha value is -2.64. The van der Waals surface area contributed by atoms with E-state index in [-0.39, 0.29) is 17.2 Å². The number of halogens is 3. The van der Waals surface area contributed by atoms with Crippen LogP contribution in [0.1, 0.15) is 11.3 Å². The third kappa shape index (κ3) is 3.22. The molecular formula is C12H9F3N4O. The van der Waals surface area contributed by atoms with Crippen molar-refractivity contribution in [2.24, 2.45) is 5.16 Å². The molecule has 0 amide bonds. The highest BCUT2D eigenvalue weighted by molar-refractivity contribution is 6.06. The van der Waals surface area contributed by atoms with Crippen LogP contribution in [-0.2, 0) is 6.18 Å². The second-order valence-electron chi connectivity index (χ2n) is 3.74. The molecule has 1 aromatic carbocycles. The van der Waals surface area contributed by atoms with Crippen LogP contribution in [0.3, 0.4) is 0 Å². The lowest BCUT2D eigenvalue weighted by Gasteiger charge is -2.10. The zero-order valence-electron chi connectivity index (χ0n) is 9.96. The maximum Gasteiger partial charge on any atom is 0.416 e. The van der Waals surface area contributed by atoms with Crippen LogP contribution in [0.25, 0.3) is 0 Å². The summed E-state index contributed by atoms with van der Waals surface area (Å²) in [4.78, 5) is 7.66. The first-order valence-corrected chi connectivity index (χ1v) is 5.43. The van der Waals surface area contributed by atoms with E-state index in [9.17, 15) is 13.2 Å². The number of rotatable bonds is 2. The van der Waals surface area contributed by atoms with Crippen molar-refractivity contribution in [3.63, 3.8) is 0 Å². The molecule has 1 aromatic heterocycles. The number of hydrogen-bond acceptors (Lipinski definition) is 4. The van der Waals surface area contributed by atoms with E-state index in [1.165, 1.54) is 30.7 Å². The molecular weight excluding hydrogens is 273 g/mol. The Morgan fingerprint density at radius 2 is 2.05 bits per heavy atom. The van der Waals surface area contributed by atoms with Crippen LogP contribution in [0.4, 0.5) is 18.9 Å². The summed E-state index contributed by atoms with van der Waals surface area (Å²) in [5.41, 5.74) is -0.482. The zero-order chi connectivity index (χ0) is 14.6. The van der Waals surface area contributed by atoms with E-state index in [0.717, 1.165) is 12.1 Å². The van der Waals surface area contributed by atoms with E-state index in [4.69, 9.17) is 5.21 Å². The normalized spacial score (nSPS) is 12.2. The van der Waals surface area contributed by atoms with Gasteiger partial charge in [0.25, 0.3) is 0 Å². The number of nitrogens with zero attached hydrogens (tertiary/aromatic N) is 3. The molecule has 2 N–H and O–H groups in total. The van der Waals surface area contributed by atoms with Crippen molar-refractivity contribution in [1.29, 1.82) is 0 Å². The summed E-state index contributed by atoms with van der Waals surface area (Å²) < 4.78 is 37.7. The van der Waals surface area contributed by atoms with Gasteiger partial charge in [-0.1, -0.05) is 11.2 Å². The summed E-state index contributed by atoms with van der Waals surface area (Å²) in [6.45, 7) is 0. The van der Waals surface area contributed by atoms with Gasteiger partial charge in [-0.3, -0.25) is 4.98 Å². The van der Waals surface area contributed by atoms with Crippen LogP contribution in [0.15, 0.2) is 48.0 Å². The zero-order valence-corrected chi connectivity index (χ0v) is 9.96. The average molecular weight is 282 g/mol. The van der Waals surface area contributed by atoms with Crippen LogP contribution in [0, 0.1) is 0 Å². The van der Waals surface area contributed by atoms with Crippen molar-refractivity contribution in [2.75, 3.05) is 5.32 Å². The van der Waals surface area contributed by atoms with Crippen LogP contribution in [0.2, 0.25) is 0 Å². The van der Waals surface area contributed by atoms with Crippen molar-refractivity contribution in [3.05, 3.63) is 54.1 Å². The van der Waals surface area contributed by atoms with Crippen molar-refractivity contribution < 1.29 is 18.4 Å². The fourth-order valence-electron chi connectivity index (χ4n) is 1.47. The SMILES string of the molecule is O/N=C(\Nc1cccc(C(F)(F)F)c1)c1cnccn1. The van der Waals surface area contributed by atoms with Gasteiger partial charge < -0.3 is 10.5 Å². The number of aromatic nitrogens is 2. The Bertz CT molecular complexity index is 614. The van der Waals surface area contributed by atoms with Gasteiger partial charge >= 0.3 is 6.18 Å². The lowest BCUT2D eigenvalue weighted by atomic mass is 10.2. The van der Waals surface area contributed by atoms with E-state index in [1.54, 1.807) is 0 Å². The van der Waals surface area contributed by atoms with Crippen LogP contribution < -0.4 is 5.32 Å². The van der Waals surface area contributed by atoms with Crippen LogP contribution >= 0.6 is 0 Å². The molecule has 104 valence electrons. The van der Waals surface area contributed by atoms with E-state index in [0.29, 0.717) is 0 Å². The number of oxime groups is 1. The molecule has 0 saturated heterocycles. The third-order valence-electron chi connectivity index (χ3n) is 2.36. The predicted molar refractivity (Wildman–Crippen MR) is 65.4 cm³/mol. The molecule has 0 aliphatic heterocycles. The lowest BCUT2D eigenvalue weighted by Crippen LogP contribution is -2.16. The Morgan fingerprint density at radius 3 is 2.65 bits per heavy atom. The molecule has 2 rings (SSSR count). The van der Waals surface area contributed by atoms with Crippen molar-refractivity contribution in [3.8, 4) is 0 Å². The number of alkyl halides is 3. The van der Waals surface area contributed by atoms with Crippen molar-refractivity contribution >= 4 is 11.5 Å². The number of nitrogens with one attached hydrogen (secondary N) is 1. The van der Waals surface area contributed by atoms with Crippen LogP contribution in [-0.4, -0.2) is 21.0 Å². The summed E-state index contributed by atoms with van der Waals surface area (Å²) in [6, 6.07) is 4.51. The minimum atomic E-state index is -4.44. The molecule has 1 heterocycles. The largest absolute Gasteiger partial charge is 0.416 e. The minimum Gasteiger partial charge on any atom is -0.409 e. The van der Waals surface area contributed by atoms with Gasteiger partial charge in [-0.15, -0.1) is 0 Å². The third-order valence-corrected chi connectivity index (χ3v) is 2.36. The Balaban J connectivity index is 2.26. The van der Waals surface area contributed by atoms with E-state index >= 15 is 0 Å². The van der Waals surface area contributed by atoms with Gasteiger partial charge in [-0.2, -0.15) is 13.2 Å². The lowest BCUT2D eigenvalue weighted by molar-refractivity contribution is -0.137. The topological polar surface area (TPSA) is 70.4 Å². The molecule has 0 saturated carbocycles. The molecule has 8 heteroatoms. The molecule has 0 radical (unpaired) electrons. The molecule has 0 aliphatic rings. The molecule has 0 bridgehead atoms. The maximum absolute atomic E-state index is 12.6. The quantitative estimate of drug-likeness (QED) is 0.384. The summed E-state index contributed by atoms with van der Waals surface area (Å²) >= 11 is 0. The molecule has 5 nitrogen and oxygen atoms in total. The molecule has 0 fully saturated rings. The summed E-state index contributed by atoms with van der Waals surface area (Å²) in [6.07, 6.45) is -0.340. The number of benzene rings is 1. The van der Waals surface area contributed by atoms with Gasteiger partial charge in [0, 0.05) is 18.1 Å². The van der Waals surface area contributed by atoms with Crippen molar-refractivity contribution in [1.82, 2.24) is 9.97 Å². The maximum atomic E-state index is 12.6. The second kappa shape index (κ2) is 5.55. The highest BCUT2D eigenvalue weighted by atomic mass is 19.4. The van der Waals surface area contributed by atoms with E-state index < -0.39 is 11.7 Å². The molecule has 0 spiro atoms. The van der Waals surface area contributed by atoms with E-state index in [1.807, 2.05) is 0 Å². The molecule has 0 unspecified atom stereocenters. The molecule has 0 aliphatic carbocycles. The minimum absolute atomic E-state index is 0.0996. The highest BCUT2D eigenvalue weighted by Crippen LogP contribution is 2.30. The predicted octanol–water partition coefficient (Wildman–Crippen LogP) is 2.74. The average Bonchev–Trinajstić information content (AvgIpc) is 2.45. The number of amidine groups is 1. The van der Waals surface area contributed by atoms with Gasteiger partial charge in [0.15, 0.2) is 5.84 Å². The van der Waals surface area contributed by atoms with Gasteiger partial charge in [0.1, 0.15) is 5.69 Å². The van der Waals surface area contributed by atoms with Crippen molar-refractivity contribution in [2.45, 2.75) is 6.18 Å². The Labute approximate surface area is 111 Å². The van der Waals surface area contributed by atoms with Gasteiger partial charge in [-0.25, -0.2) is 4.98 Å². The standard InChI is InChI=1S/C12H9F3N4O/c13-12(14,15)8-2-1-3-9(6-8)18-11(19-20)10-7-16-4-5-17-10/h1-7,20H,(H,18,19). The fourth-order valence-corrected chi connectivity index (χ4v) is 1.47. The van der Waals surface area contributed by atoms with E-state index in [2.05, 4.69) is 20.4 Å². The summed E-state index contributed by atoms with van der Waals surface area (Å²) in [7, 11) is 0. The first kappa shape index (κ1) is 13.8. The second-order valence-corrected chi connectivity index (χ2v) is 3.74. The number of hydrogen-bond donors (Lipinski definition) is 2. The summed E-state index contributed by atoms with van der Waals surface area (Å²) in [5, 5.41) is 14.4. The molecule has 20 heavy (non-hydrogen) atoms. The Kier molecular flexibility index (Phi) is 3.83. The van der Waals surface area contributed by atoms with Gasteiger partial charge in [0.05, 0.1) is 11.8 Å². The van der Waals surface area contributed by atoms with Gasteiger partial charge in [0.2, 0.25) is 0 Å². The van der Waals surface area contributed by atoms with Crippen LogP contribution in [0.5, 0.6) is 0 Å². The van der Waals surface area contributed by atoms with Gasteiger partial charge in [-0.05, 0) is 18.2 Å². The molecule has 0 atom stereocenters. The monoisotopic (exact) mass is 282 g/mol. The first-order valence-electron chi connectivity index (χ1n) is 5.43. The number of anilines is 1. The fraction of sp³-hybridized carbons (Fsp3) is 0.0833. The molecule has 2 aromatic rings. The highest BCUT2D eigenvalue weighted by Gasteiger charge is 2.30. The Morgan fingerprint density at radius 1 is 1.25 bits per heavy atom. The summed E-state index contributed by atoms with van der Waals surface area (Å²) in [5.74, 6) is -0.0996.